The van der Waals surface area contributed by atoms with Gasteiger partial charge in [0.05, 0.1) is 17.8 Å². The summed E-state index contributed by atoms with van der Waals surface area (Å²) in [6.07, 6.45) is 1.52. The molecule has 0 radical (unpaired) electrons. The monoisotopic (exact) mass is 327 g/mol. The highest BCUT2D eigenvalue weighted by Gasteiger charge is 2.51. The van der Waals surface area contributed by atoms with Crippen LogP contribution in [0.15, 0.2) is 12.3 Å². The van der Waals surface area contributed by atoms with Crippen LogP contribution in [0.2, 0.25) is 0 Å². The van der Waals surface area contributed by atoms with Crippen molar-refractivity contribution in [1.29, 1.82) is 0 Å². The van der Waals surface area contributed by atoms with E-state index in [1.54, 1.807) is 6.92 Å². The third-order valence-corrected chi connectivity index (χ3v) is 3.64. The number of pyridine rings is 1. The number of ether oxygens (including phenoxy) is 1. The fraction of sp³-hybridized carbons (Fsp3) is 0.706. The molecule has 2 rings (SSSR count). The average Bonchev–Trinajstić information content (AvgIpc) is 2.74. The Morgan fingerprint density at radius 1 is 1.09 bits per heavy atom. The maximum absolute atomic E-state index is 13.8. The fourth-order valence-electron chi connectivity index (χ4n) is 1.79. The molecule has 1 aliphatic heterocycles. The molecule has 4 nitrogen and oxygen atoms in total. The number of halogens is 1. The van der Waals surface area contributed by atoms with Gasteiger partial charge in [0.15, 0.2) is 5.82 Å². The van der Waals surface area contributed by atoms with Crippen LogP contribution in [0.1, 0.15) is 62.3 Å². The third kappa shape index (κ3) is 5.18. The van der Waals surface area contributed by atoms with Crippen LogP contribution in [0, 0.1) is 5.82 Å². The Kier molecular flexibility index (Phi) is 8.78. The van der Waals surface area contributed by atoms with Crippen molar-refractivity contribution in [3.05, 3.63) is 18.1 Å². The van der Waals surface area contributed by atoms with E-state index in [-0.39, 0.29) is 5.88 Å². The summed E-state index contributed by atoms with van der Waals surface area (Å²) in [5, 5.41) is 0. The van der Waals surface area contributed by atoms with Gasteiger partial charge in [-0.25, -0.2) is 9.37 Å². The first-order valence-corrected chi connectivity index (χ1v) is 8.41. The number of rotatable bonds is 3. The lowest BCUT2D eigenvalue weighted by Gasteiger charge is -2.32. The SMILES string of the molecule is CC.CC.CCOc1ncc(B2OC(C)(C)C(C)(C)O2)cc1F. The van der Waals surface area contributed by atoms with Crippen LogP contribution < -0.4 is 10.2 Å². The van der Waals surface area contributed by atoms with Crippen LogP contribution in [-0.2, 0) is 9.31 Å². The quantitative estimate of drug-likeness (QED) is 0.788. The van der Waals surface area contributed by atoms with E-state index in [9.17, 15) is 4.39 Å². The zero-order chi connectivity index (χ0) is 18.3. The van der Waals surface area contributed by atoms with Crippen LogP contribution in [0.5, 0.6) is 5.88 Å². The van der Waals surface area contributed by atoms with Gasteiger partial charge in [0.2, 0.25) is 5.88 Å². The Hall–Kier alpha value is -1.14. The van der Waals surface area contributed by atoms with Crippen molar-refractivity contribution < 1.29 is 18.4 Å². The molecule has 23 heavy (non-hydrogen) atoms. The molecule has 0 N–H and O–H groups in total. The van der Waals surface area contributed by atoms with Crippen molar-refractivity contribution in [1.82, 2.24) is 4.98 Å². The number of nitrogens with zero attached hydrogens (tertiary/aromatic N) is 1. The number of aromatic nitrogens is 1. The van der Waals surface area contributed by atoms with Gasteiger partial charge in [0, 0.05) is 11.7 Å². The summed E-state index contributed by atoms with van der Waals surface area (Å²) in [4.78, 5) is 3.95. The smallest absolute Gasteiger partial charge is 0.476 e. The Labute approximate surface area is 140 Å². The van der Waals surface area contributed by atoms with Crippen LogP contribution in [0.25, 0.3) is 0 Å². The van der Waals surface area contributed by atoms with Gasteiger partial charge < -0.3 is 14.0 Å². The minimum Gasteiger partial charge on any atom is -0.476 e. The minimum absolute atomic E-state index is 0.00256. The maximum Gasteiger partial charge on any atom is 0.496 e. The average molecular weight is 327 g/mol. The lowest BCUT2D eigenvalue weighted by Crippen LogP contribution is -2.41. The van der Waals surface area contributed by atoms with Gasteiger partial charge in [-0.1, -0.05) is 27.7 Å². The number of hydrogen-bond acceptors (Lipinski definition) is 4. The molecular formula is C17H31BFNO3. The van der Waals surface area contributed by atoms with E-state index in [2.05, 4.69) is 4.98 Å². The van der Waals surface area contributed by atoms with Gasteiger partial charge in [-0.3, -0.25) is 0 Å². The number of hydrogen-bond donors (Lipinski definition) is 0. The van der Waals surface area contributed by atoms with E-state index in [1.165, 1.54) is 12.3 Å². The summed E-state index contributed by atoms with van der Waals surface area (Å²) in [6.45, 7) is 18.0. The minimum atomic E-state index is -0.609. The maximum atomic E-state index is 13.8. The van der Waals surface area contributed by atoms with Crippen LogP contribution in [-0.4, -0.2) is 29.9 Å². The van der Waals surface area contributed by atoms with Gasteiger partial charge in [0.1, 0.15) is 0 Å². The molecule has 1 fully saturated rings. The fourth-order valence-corrected chi connectivity index (χ4v) is 1.79. The Balaban J connectivity index is 0.00000112. The Bertz CT molecular complexity index is 465. The van der Waals surface area contributed by atoms with Crippen LogP contribution in [0.4, 0.5) is 4.39 Å². The molecule has 1 aromatic rings. The van der Waals surface area contributed by atoms with E-state index in [0.717, 1.165) is 0 Å². The first-order valence-electron chi connectivity index (χ1n) is 8.41. The lowest BCUT2D eigenvalue weighted by atomic mass is 9.80. The molecule has 132 valence electrons. The van der Waals surface area contributed by atoms with Crippen LogP contribution >= 0.6 is 0 Å². The Morgan fingerprint density at radius 2 is 1.57 bits per heavy atom. The van der Waals surface area contributed by atoms with E-state index in [0.29, 0.717) is 12.1 Å². The van der Waals surface area contributed by atoms with E-state index < -0.39 is 24.1 Å². The van der Waals surface area contributed by atoms with Gasteiger partial charge in [-0.2, -0.15) is 0 Å². The highest BCUT2D eigenvalue weighted by atomic mass is 19.1. The van der Waals surface area contributed by atoms with Gasteiger partial charge >= 0.3 is 7.12 Å². The molecule has 6 heteroatoms. The van der Waals surface area contributed by atoms with Gasteiger partial charge in [-0.15, -0.1) is 0 Å². The standard InChI is InChI=1S/C13H19BFNO3.2C2H6/c1-6-17-11-10(15)7-9(8-16-11)14-18-12(2,3)13(4,5)19-14;2*1-2/h7-8H,6H2,1-5H3;2*1-2H3. The van der Waals surface area contributed by atoms with Crippen LogP contribution in [0.3, 0.4) is 0 Å². The molecule has 1 aromatic heterocycles. The summed E-state index contributed by atoms with van der Waals surface area (Å²) in [5.41, 5.74) is -0.348. The highest BCUT2D eigenvalue weighted by Crippen LogP contribution is 2.36. The molecule has 1 saturated heterocycles. The van der Waals surface area contributed by atoms with E-state index in [4.69, 9.17) is 14.0 Å². The molecule has 0 saturated carbocycles. The largest absolute Gasteiger partial charge is 0.496 e. The van der Waals surface area contributed by atoms with Crippen molar-refractivity contribution >= 4 is 12.6 Å². The summed E-state index contributed by atoms with van der Waals surface area (Å²) in [6, 6.07) is 1.35. The molecule has 0 aromatic carbocycles. The predicted molar refractivity (Wildman–Crippen MR) is 93.8 cm³/mol. The first kappa shape index (κ1) is 21.9. The molecule has 0 unspecified atom stereocenters. The highest BCUT2D eigenvalue weighted by molar-refractivity contribution is 6.62. The van der Waals surface area contributed by atoms with Crippen molar-refractivity contribution in [3.8, 4) is 5.88 Å². The van der Waals surface area contributed by atoms with Crippen molar-refractivity contribution in [2.75, 3.05) is 6.61 Å². The summed E-state index contributed by atoms with van der Waals surface area (Å²) >= 11 is 0. The van der Waals surface area contributed by atoms with Crippen molar-refractivity contribution in [2.24, 2.45) is 0 Å². The normalized spacial score (nSPS) is 17.6. The lowest BCUT2D eigenvalue weighted by molar-refractivity contribution is 0.00578. The molecule has 0 spiro atoms. The molecule has 0 bridgehead atoms. The molecule has 1 aliphatic rings. The topological polar surface area (TPSA) is 40.6 Å². The van der Waals surface area contributed by atoms with E-state index in [1.807, 2.05) is 55.4 Å². The van der Waals surface area contributed by atoms with Crippen molar-refractivity contribution in [2.45, 2.75) is 73.5 Å². The second kappa shape index (κ2) is 9.23. The predicted octanol–water partition coefficient (Wildman–Crippen LogP) is 3.97. The third-order valence-electron chi connectivity index (χ3n) is 3.64. The summed E-state index contributed by atoms with van der Waals surface area (Å²) in [5.74, 6) is -0.503. The molecule has 0 amide bonds. The zero-order valence-corrected chi connectivity index (χ0v) is 16.0. The molecular weight excluding hydrogens is 296 g/mol. The first-order chi connectivity index (χ1) is 10.8. The molecule has 0 atom stereocenters. The second-order valence-electron chi connectivity index (χ2n) is 5.58. The summed E-state index contributed by atoms with van der Waals surface area (Å²) in [7, 11) is -0.609. The van der Waals surface area contributed by atoms with Crippen molar-refractivity contribution in [3.63, 3.8) is 0 Å². The molecule has 0 aliphatic carbocycles. The van der Waals surface area contributed by atoms with E-state index >= 15 is 0 Å². The zero-order valence-electron chi connectivity index (χ0n) is 16.0. The summed E-state index contributed by atoms with van der Waals surface area (Å²) < 4.78 is 30.5. The van der Waals surface area contributed by atoms with Gasteiger partial charge in [0.25, 0.3) is 0 Å². The Morgan fingerprint density at radius 3 is 1.96 bits per heavy atom. The van der Waals surface area contributed by atoms with Gasteiger partial charge in [-0.05, 0) is 40.7 Å². The second-order valence-corrected chi connectivity index (χ2v) is 5.58. The molecule has 2 heterocycles.